The topological polar surface area (TPSA) is 132 Å². The number of rotatable bonds is 9. The van der Waals surface area contributed by atoms with E-state index >= 15 is 0 Å². The summed E-state index contributed by atoms with van der Waals surface area (Å²) in [5.74, 6) is -1.58. The Morgan fingerprint density at radius 1 is 1.03 bits per heavy atom. The minimum absolute atomic E-state index is 0.0572. The van der Waals surface area contributed by atoms with E-state index in [2.05, 4.69) is 20.5 Å². The quantitative estimate of drug-likeness (QED) is 0.379. The maximum Gasteiger partial charge on any atom is 0.270 e. The number of carbonyl (C=O) groups excluding carboxylic acids is 3. The highest BCUT2D eigenvalue weighted by molar-refractivity contribution is 6.34. The van der Waals surface area contributed by atoms with Gasteiger partial charge in [0.15, 0.2) is 5.69 Å². The number of hydrogen-bond acceptors (Lipinski definition) is 6. The van der Waals surface area contributed by atoms with E-state index in [9.17, 15) is 14.4 Å². The molecular formula is C25H27ClN6O4. The van der Waals surface area contributed by atoms with Crippen LogP contribution in [0.4, 0.5) is 5.69 Å². The first-order valence-corrected chi connectivity index (χ1v) is 11.9. The van der Waals surface area contributed by atoms with Crippen LogP contribution in [-0.4, -0.2) is 71.6 Å². The lowest BCUT2D eigenvalue weighted by Crippen LogP contribution is -2.38. The molecule has 3 amide bonds. The summed E-state index contributed by atoms with van der Waals surface area (Å²) < 4.78 is 6.84. The van der Waals surface area contributed by atoms with Crippen molar-refractivity contribution >= 4 is 35.0 Å². The zero-order valence-electron chi connectivity index (χ0n) is 19.6. The Labute approximate surface area is 213 Å². The number of hydrogen-bond donors (Lipinski definition) is 3. The molecule has 3 aromatic rings. The van der Waals surface area contributed by atoms with E-state index in [0.29, 0.717) is 28.5 Å². The summed E-state index contributed by atoms with van der Waals surface area (Å²) >= 11 is 6.10. The molecule has 188 valence electrons. The number of amides is 3. The number of primary amides is 1. The number of carbonyl (C=O) groups is 3. The summed E-state index contributed by atoms with van der Waals surface area (Å²) in [6, 6.07) is 13.5. The Hall–Kier alpha value is -3.73. The Balaban J connectivity index is 1.44. The number of nitrogens with zero attached hydrogens (tertiary/aromatic N) is 3. The Bertz CT molecular complexity index is 1240. The van der Waals surface area contributed by atoms with Crippen molar-refractivity contribution in [1.82, 2.24) is 19.8 Å². The third kappa shape index (κ3) is 6.09. The van der Waals surface area contributed by atoms with Gasteiger partial charge in [0.25, 0.3) is 17.7 Å². The molecular weight excluding hydrogens is 484 g/mol. The second-order valence-corrected chi connectivity index (χ2v) is 8.63. The van der Waals surface area contributed by atoms with Crippen molar-refractivity contribution in [3.05, 3.63) is 76.8 Å². The molecule has 2 heterocycles. The SMILES string of the molecule is NC(=O)c1ncn(-c2ccc(NC(=O)c3ccccc3Cl)cc2)c1C(=O)NCCCN1CCOCC1. The van der Waals surface area contributed by atoms with Crippen molar-refractivity contribution in [1.29, 1.82) is 0 Å². The van der Waals surface area contributed by atoms with Gasteiger partial charge in [-0.15, -0.1) is 0 Å². The van der Waals surface area contributed by atoms with Gasteiger partial charge in [0.2, 0.25) is 0 Å². The summed E-state index contributed by atoms with van der Waals surface area (Å²) in [7, 11) is 0. The average molecular weight is 511 g/mol. The van der Waals surface area contributed by atoms with Crippen molar-refractivity contribution in [3.63, 3.8) is 0 Å². The number of anilines is 1. The van der Waals surface area contributed by atoms with Gasteiger partial charge in [0.05, 0.1) is 23.8 Å². The van der Waals surface area contributed by atoms with E-state index < -0.39 is 11.8 Å². The number of ether oxygens (including phenoxy) is 1. The van der Waals surface area contributed by atoms with Gasteiger partial charge in [0, 0.05) is 31.0 Å². The van der Waals surface area contributed by atoms with Crippen LogP contribution in [0.1, 0.15) is 37.8 Å². The van der Waals surface area contributed by atoms with Crippen LogP contribution >= 0.6 is 11.6 Å². The molecule has 0 spiro atoms. The summed E-state index contributed by atoms with van der Waals surface area (Å²) in [6.07, 6.45) is 2.13. The van der Waals surface area contributed by atoms with Gasteiger partial charge in [-0.2, -0.15) is 0 Å². The van der Waals surface area contributed by atoms with Crippen LogP contribution in [0.25, 0.3) is 5.69 Å². The van der Waals surface area contributed by atoms with E-state index in [-0.39, 0.29) is 17.3 Å². The lowest BCUT2D eigenvalue weighted by Gasteiger charge is -2.26. The predicted molar refractivity (Wildman–Crippen MR) is 136 cm³/mol. The van der Waals surface area contributed by atoms with Crippen LogP contribution in [0.5, 0.6) is 0 Å². The van der Waals surface area contributed by atoms with Crippen molar-refractivity contribution < 1.29 is 19.1 Å². The molecule has 1 aliphatic rings. The number of halogens is 1. The van der Waals surface area contributed by atoms with Crippen molar-refractivity contribution in [2.45, 2.75) is 6.42 Å². The highest BCUT2D eigenvalue weighted by Gasteiger charge is 2.23. The molecule has 0 atom stereocenters. The molecule has 10 nitrogen and oxygen atoms in total. The molecule has 0 unspecified atom stereocenters. The molecule has 1 aromatic heterocycles. The maximum atomic E-state index is 13.0. The van der Waals surface area contributed by atoms with E-state index in [1.807, 2.05) is 0 Å². The maximum absolute atomic E-state index is 13.0. The second kappa shape index (κ2) is 11.8. The summed E-state index contributed by atoms with van der Waals surface area (Å²) in [5.41, 5.74) is 6.88. The predicted octanol–water partition coefficient (Wildman–Crippen LogP) is 2.33. The van der Waals surface area contributed by atoms with E-state index in [1.165, 1.54) is 10.9 Å². The van der Waals surface area contributed by atoms with E-state index in [1.54, 1.807) is 48.5 Å². The van der Waals surface area contributed by atoms with Crippen LogP contribution in [-0.2, 0) is 4.74 Å². The minimum atomic E-state index is -0.796. The monoisotopic (exact) mass is 510 g/mol. The fourth-order valence-electron chi connectivity index (χ4n) is 3.90. The number of benzene rings is 2. The van der Waals surface area contributed by atoms with Gasteiger partial charge in [-0.3, -0.25) is 23.9 Å². The fourth-order valence-corrected chi connectivity index (χ4v) is 4.13. The van der Waals surface area contributed by atoms with Gasteiger partial charge < -0.3 is 21.1 Å². The fraction of sp³-hybridized carbons (Fsp3) is 0.280. The largest absolute Gasteiger partial charge is 0.379 e. The number of morpholine rings is 1. The molecule has 0 saturated carbocycles. The molecule has 0 aliphatic carbocycles. The van der Waals surface area contributed by atoms with Gasteiger partial charge in [-0.05, 0) is 49.4 Å². The molecule has 36 heavy (non-hydrogen) atoms. The molecule has 0 radical (unpaired) electrons. The normalized spacial score (nSPS) is 13.8. The molecule has 1 aliphatic heterocycles. The van der Waals surface area contributed by atoms with Gasteiger partial charge in [-0.1, -0.05) is 23.7 Å². The van der Waals surface area contributed by atoms with Gasteiger partial charge in [-0.25, -0.2) is 4.98 Å². The smallest absolute Gasteiger partial charge is 0.270 e. The third-order valence-electron chi connectivity index (χ3n) is 5.78. The van der Waals surface area contributed by atoms with Crippen LogP contribution in [0.15, 0.2) is 54.9 Å². The van der Waals surface area contributed by atoms with Gasteiger partial charge >= 0.3 is 0 Å². The van der Waals surface area contributed by atoms with Crippen molar-refractivity contribution in [2.75, 3.05) is 44.7 Å². The Morgan fingerprint density at radius 3 is 2.44 bits per heavy atom. The van der Waals surface area contributed by atoms with Crippen LogP contribution in [0.3, 0.4) is 0 Å². The Morgan fingerprint density at radius 2 is 1.75 bits per heavy atom. The zero-order chi connectivity index (χ0) is 25.5. The summed E-state index contributed by atoms with van der Waals surface area (Å²) in [5, 5.41) is 5.99. The first kappa shape index (κ1) is 25.4. The van der Waals surface area contributed by atoms with E-state index in [4.69, 9.17) is 22.1 Å². The highest BCUT2D eigenvalue weighted by Crippen LogP contribution is 2.20. The lowest BCUT2D eigenvalue weighted by atomic mass is 10.2. The van der Waals surface area contributed by atoms with Crippen molar-refractivity contribution in [2.24, 2.45) is 5.73 Å². The molecule has 11 heteroatoms. The zero-order valence-corrected chi connectivity index (χ0v) is 20.3. The minimum Gasteiger partial charge on any atom is -0.379 e. The van der Waals surface area contributed by atoms with Crippen LogP contribution in [0, 0.1) is 0 Å². The standard InChI is InChI=1S/C25H27ClN6O4/c26-20-5-2-1-4-19(20)24(34)30-17-6-8-18(9-7-17)32-16-29-21(23(27)33)22(32)25(35)28-10-3-11-31-12-14-36-15-13-31/h1-2,4-9,16H,3,10-15H2,(H2,27,33)(H,28,35)(H,30,34). The third-order valence-corrected chi connectivity index (χ3v) is 6.11. The summed E-state index contributed by atoms with van der Waals surface area (Å²) in [4.78, 5) is 43.8. The second-order valence-electron chi connectivity index (χ2n) is 8.22. The first-order valence-electron chi connectivity index (χ1n) is 11.6. The number of nitrogens with one attached hydrogen (secondary N) is 2. The molecule has 0 bridgehead atoms. The molecule has 1 fully saturated rings. The average Bonchev–Trinajstić information content (AvgIpc) is 3.34. The van der Waals surface area contributed by atoms with Crippen LogP contribution < -0.4 is 16.4 Å². The highest BCUT2D eigenvalue weighted by atomic mass is 35.5. The van der Waals surface area contributed by atoms with Gasteiger partial charge in [0.1, 0.15) is 12.0 Å². The molecule has 4 N–H and O–H groups in total. The number of nitrogens with two attached hydrogens (primary N) is 1. The van der Waals surface area contributed by atoms with Crippen molar-refractivity contribution in [3.8, 4) is 5.69 Å². The van der Waals surface area contributed by atoms with E-state index in [0.717, 1.165) is 39.3 Å². The Kier molecular flexibility index (Phi) is 8.32. The molecule has 4 rings (SSSR count). The molecule has 1 saturated heterocycles. The lowest BCUT2D eigenvalue weighted by molar-refractivity contribution is 0.0374. The number of imidazole rings is 1. The van der Waals surface area contributed by atoms with Crippen LogP contribution in [0.2, 0.25) is 5.02 Å². The number of aromatic nitrogens is 2. The summed E-state index contributed by atoms with van der Waals surface area (Å²) in [6.45, 7) is 4.47. The molecule has 2 aromatic carbocycles. The first-order chi connectivity index (χ1) is 17.4.